The zero-order valence-corrected chi connectivity index (χ0v) is 7.54. The molecule has 0 atom stereocenters. The van der Waals surface area contributed by atoms with Crippen molar-refractivity contribution >= 4 is 6.70 Å². The fraction of sp³-hybridized carbons (Fsp3) is 0. The van der Waals surface area contributed by atoms with Gasteiger partial charge >= 0.3 is 33.7 Å². The third-order valence-electron chi connectivity index (χ3n) is 0. The van der Waals surface area contributed by atoms with Gasteiger partial charge in [0, 0.05) is 40.8 Å². The predicted molar refractivity (Wildman–Crippen MR) is 8.54 cm³/mol. The average molecular weight is 272 g/mol. The Kier molecular flexibility index (Phi) is 21.9. The van der Waals surface area contributed by atoms with Crippen LogP contribution in [0.4, 0.5) is 0 Å². The maximum Gasteiger partial charge on any atom is 0 e. The third-order valence-corrected chi connectivity index (χ3v) is 0. The van der Waals surface area contributed by atoms with Gasteiger partial charge in [-0.15, -0.1) is 0 Å². The Bertz CT molecular complexity index is 8.00. The molecule has 0 rings (SSSR count). The molecule has 0 saturated carbocycles. The number of hydrogen-bond acceptors (Lipinski definition) is 0. The van der Waals surface area contributed by atoms with Gasteiger partial charge in [0.15, 0.2) is 0 Å². The van der Waals surface area contributed by atoms with Crippen molar-refractivity contribution in [3.05, 3.63) is 0 Å². The topological polar surface area (TPSA) is 0 Å². The van der Waals surface area contributed by atoms with E-state index < -0.39 is 0 Å². The molecule has 0 aliphatic carbocycles. The molecule has 0 N–H and O–H groups in total. The van der Waals surface area contributed by atoms with Crippen LogP contribution in [-0.2, 0) is 27.0 Å². The fourth-order valence-electron chi connectivity index (χ4n) is 0. The molecule has 4 heteroatoms. The molecule has 26 valence electrons. The molecule has 0 unspecified atom stereocenters. The van der Waals surface area contributed by atoms with Crippen LogP contribution in [0.25, 0.3) is 0 Å². The first kappa shape index (κ1) is 9.67. The molecule has 0 amide bonds. The molecule has 0 aromatic rings. The Labute approximate surface area is 73.0 Å². The van der Waals surface area contributed by atoms with E-state index in [9.17, 15) is 0 Å². The van der Waals surface area contributed by atoms with Crippen molar-refractivity contribution in [3.8, 4) is 0 Å². The maximum atomic E-state index is 3.45. The molecule has 0 aromatic heterocycles. The van der Waals surface area contributed by atoms with Crippen molar-refractivity contribution in [2.75, 3.05) is 0 Å². The Hall–Kier alpha value is 2.44. The van der Waals surface area contributed by atoms with E-state index in [-0.39, 0.29) is 40.8 Å². The van der Waals surface area contributed by atoms with Crippen molar-refractivity contribution in [3.63, 3.8) is 0 Å². The Morgan fingerprint density at radius 2 is 1.75 bits per heavy atom. The zero-order chi connectivity index (χ0) is 2.71. The zero-order valence-electron chi connectivity index (χ0n) is 2.19. The Morgan fingerprint density at radius 1 is 1.75 bits per heavy atom. The quantitative estimate of drug-likeness (QED) is 0.500. The summed E-state index contributed by atoms with van der Waals surface area (Å²) in [4.78, 5) is 0. The molecular weight excluding hydrogens is 270 g/mol. The molecule has 0 bridgehead atoms. The van der Waals surface area contributed by atoms with E-state index in [2.05, 4.69) is 14.2 Å². The van der Waals surface area contributed by atoms with Crippen molar-refractivity contribution in [2.45, 2.75) is 0 Å². The minimum Gasteiger partial charge on any atom is 0 e. The van der Waals surface area contributed by atoms with Crippen LogP contribution in [-0.4, -0.2) is 6.70 Å². The van der Waals surface area contributed by atoms with Crippen LogP contribution in [0.5, 0.6) is 0 Å². The second-order valence-electron chi connectivity index (χ2n) is 0.118. The van der Waals surface area contributed by atoms with Crippen molar-refractivity contribution < 1.29 is 67.8 Å². The predicted octanol–water partition coefficient (Wildman–Crippen LogP) is -0.921. The molecule has 0 fully saturated rings. The smallest absolute Gasteiger partial charge is 0 e. The van der Waals surface area contributed by atoms with Gasteiger partial charge in [-0.3, -0.25) is 0 Å². The van der Waals surface area contributed by atoms with E-state index >= 15 is 0 Å². The standard InChI is InChI=1S/BH2.Co.Fe.Nd/h1H2;;;/q+1;-1;;. The second-order valence-corrected chi connectivity index (χ2v) is 2.00. The van der Waals surface area contributed by atoms with Gasteiger partial charge in [-0.05, 0) is 0 Å². The van der Waals surface area contributed by atoms with Gasteiger partial charge in [-0.2, -0.15) is 0 Å². The van der Waals surface area contributed by atoms with E-state index in [0.717, 1.165) is 0 Å². The SMILES string of the molecule is [BH2][Co][Fe].[Nd]. The maximum absolute atomic E-state index is 3.45. The van der Waals surface area contributed by atoms with E-state index in [1.54, 1.807) is 0 Å². The summed E-state index contributed by atoms with van der Waals surface area (Å²) in [7, 11) is 0. The van der Waals surface area contributed by atoms with Gasteiger partial charge in [-0.1, -0.05) is 0 Å². The van der Waals surface area contributed by atoms with Crippen LogP contribution in [0.15, 0.2) is 0 Å². The van der Waals surface area contributed by atoms with Gasteiger partial charge in [0.05, 0.1) is 0 Å². The summed E-state index contributed by atoms with van der Waals surface area (Å²) in [6.07, 6.45) is 0. The third kappa shape index (κ3) is 8.82. The summed E-state index contributed by atoms with van der Waals surface area (Å²) in [5, 5.41) is 0. The first-order chi connectivity index (χ1) is 1.41. The molecule has 0 spiro atoms. The van der Waals surface area contributed by atoms with Gasteiger partial charge in [-0.25, -0.2) is 0 Å². The van der Waals surface area contributed by atoms with Crippen LogP contribution in [0.3, 0.4) is 0 Å². The molecule has 0 aliphatic rings. The number of hydrogen-bond donors (Lipinski definition) is 0. The van der Waals surface area contributed by atoms with Crippen LogP contribution in [0.1, 0.15) is 0 Å². The summed E-state index contributed by atoms with van der Waals surface area (Å²) in [5.74, 6) is 0. The monoisotopic (exact) mass is 270 g/mol. The fourth-order valence-corrected chi connectivity index (χ4v) is 0. The van der Waals surface area contributed by atoms with Crippen LogP contribution in [0.2, 0.25) is 0 Å². The van der Waals surface area contributed by atoms with Crippen LogP contribution in [0, 0.1) is 40.8 Å². The summed E-state index contributed by atoms with van der Waals surface area (Å²) in [6.45, 7) is 1.98. The molecule has 0 aromatic carbocycles. The van der Waals surface area contributed by atoms with Crippen LogP contribution < -0.4 is 0 Å². The van der Waals surface area contributed by atoms with Gasteiger partial charge in [0.25, 0.3) is 0 Å². The largest absolute Gasteiger partial charge is 0 e. The van der Waals surface area contributed by atoms with Gasteiger partial charge in [0.2, 0.25) is 0 Å². The van der Waals surface area contributed by atoms with Gasteiger partial charge < -0.3 is 0 Å². The molecule has 0 aliphatic heterocycles. The summed E-state index contributed by atoms with van der Waals surface area (Å²) in [6, 6.07) is 0. The Morgan fingerprint density at radius 3 is 1.75 bits per heavy atom. The summed E-state index contributed by atoms with van der Waals surface area (Å²) >= 11 is 4.64. The van der Waals surface area contributed by atoms with Crippen molar-refractivity contribution in [1.82, 2.24) is 0 Å². The minimum atomic E-state index is 0. The summed E-state index contributed by atoms with van der Waals surface area (Å²) < 4.78 is 0. The van der Waals surface area contributed by atoms with E-state index in [1.807, 2.05) is 6.70 Å². The molecule has 0 saturated heterocycles. The van der Waals surface area contributed by atoms with E-state index in [1.165, 1.54) is 12.7 Å². The first-order valence-corrected chi connectivity index (χ1v) is 3.38. The normalized spacial score (nSPS) is 5.25. The van der Waals surface area contributed by atoms with E-state index in [0.29, 0.717) is 0 Å². The molecule has 0 radical (unpaired) electrons. The van der Waals surface area contributed by atoms with Crippen LogP contribution >= 0.6 is 0 Å². The van der Waals surface area contributed by atoms with Crippen molar-refractivity contribution in [2.24, 2.45) is 0 Å². The average Bonchev–Trinajstić information content (AvgIpc) is 0.918. The molecular formula is H2BCoFeNd. The molecule has 0 nitrogen and oxygen atoms in total. The minimum absolute atomic E-state index is 0. The summed E-state index contributed by atoms with van der Waals surface area (Å²) in [5.41, 5.74) is 0. The first-order valence-electron chi connectivity index (χ1n) is 0.451. The molecule has 4 heavy (non-hydrogen) atoms. The van der Waals surface area contributed by atoms with Crippen molar-refractivity contribution in [1.29, 1.82) is 0 Å². The number of rotatable bonds is 0. The second kappa shape index (κ2) is 9.06. The van der Waals surface area contributed by atoms with E-state index in [4.69, 9.17) is 0 Å². The Balaban J connectivity index is 0. The van der Waals surface area contributed by atoms with Gasteiger partial charge in [0.1, 0.15) is 0 Å². The molecule has 0 heterocycles.